The van der Waals surface area contributed by atoms with Gasteiger partial charge in [-0.25, -0.2) is 0 Å². The highest BCUT2D eigenvalue weighted by Crippen LogP contribution is 2.44. The molecule has 1 aromatic heterocycles. The van der Waals surface area contributed by atoms with Gasteiger partial charge in [0.05, 0.1) is 22.9 Å². The third kappa shape index (κ3) is 3.29. The van der Waals surface area contributed by atoms with Gasteiger partial charge in [0.15, 0.2) is 5.78 Å². The van der Waals surface area contributed by atoms with Gasteiger partial charge in [0.2, 0.25) is 0 Å². The Kier molecular flexibility index (Phi) is 4.46. The van der Waals surface area contributed by atoms with E-state index in [0.29, 0.717) is 22.4 Å². The third-order valence-electron chi connectivity index (χ3n) is 5.43. The number of nitrogens with one attached hydrogen (secondary N) is 1. The Morgan fingerprint density at radius 1 is 1.21 bits per heavy atom. The predicted molar refractivity (Wildman–Crippen MR) is 114 cm³/mol. The van der Waals surface area contributed by atoms with E-state index in [2.05, 4.69) is 11.1 Å². The van der Waals surface area contributed by atoms with Crippen molar-refractivity contribution >= 4 is 27.3 Å². The maximum absolute atomic E-state index is 13.3. The SMILES string of the molecule is CC1(C)c2cc(OCCS(C)(O)O)ccc2C(=O)c2c1[nH]c1cc(C#N)ccc21. The molecule has 2 aromatic carbocycles. The summed E-state index contributed by atoms with van der Waals surface area (Å²) in [6, 6.07) is 12.8. The number of aromatic amines is 1. The summed E-state index contributed by atoms with van der Waals surface area (Å²) >= 11 is 0. The topological polar surface area (TPSA) is 106 Å². The molecule has 0 atom stereocenters. The van der Waals surface area contributed by atoms with Gasteiger partial charge in [-0.3, -0.25) is 13.9 Å². The van der Waals surface area contributed by atoms with Crippen LogP contribution in [0.5, 0.6) is 5.75 Å². The Morgan fingerprint density at radius 3 is 2.66 bits per heavy atom. The Labute approximate surface area is 170 Å². The van der Waals surface area contributed by atoms with E-state index < -0.39 is 16.0 Å². The summed E-state index contributed by atoms with van der Waals surface area (Å²) in [5, 5.41) is 9.99. The van der Waals surface area contributed by atoms with E-state index in [1.165, 1.54) is 6.26 Å². The zero-order valence-corrected chi connectivity index (χ0v) is 17.3. The Bertz CT molecular complexity index is 1180. The number of benzene rings is 2. The van der Waals surface area contributed by atoms with Crippen molar-refractivity contribution in [2.24, 2.45) is 0 Å². The molecule has 0 saturated heterocycles. The quantitative estimate of drug-likeness (QED) is 0.579. The molecular formula is C22H22N2O4S. The number of aromatic nitrogens is 1. The van der Waals surface area contributed by atoms with E-state index in [-0.39, 0.29) is 18.1 Å². The second-order valence-corrected chi connectivity index (χ2v) is 10.4. The minimum Gasteiger partial charge on any atom is -0.492 e. The molecule has 0 fully saturated rings. The van der Waals surface area contributed by atoms with Crippen molar-refractivity contribution in [3.05, 3.63) is 64.3 Å². The molecule has 0 amide bonds. The first kappa shape index (κ1) is 19.5. The summed E-state index contributed by atoms with van der Waals surface area (Å²) in [4.78, 5) is 16.7. The average molecular weight is 410 g/mol. The van der Waals surface area contributed by atoms with Crippen LogP contribution >= 0.6 is 10.6 Å². The van der Waals surface area contributed by atoms with Crippen LogP contribution in [0.15, 0.2) is 36.4 Å². The highest BCUT2D eigenvalue weighted by molar-refractivity contribution is 8.23. The molecule has 150 valence electrons. The van der Waals surface area contributed by atoms with Crippen molar-refractivity contribution < 1.29 is 18.6 Å². The van der Waals surface area contributed by atoms with Crippen molar-refractivity contribution in [1.82, 2.24) is 4.98 Å². The minimum atomic E-state index is -2.61. The van der Waals surface area contributed by atoms with E-state index >= 15 is 0 Å². The summed E-state index contributed by atoms with van der Waals surface area (Å²) in [5.41, 5.74) is 3.78. The lowest BCUT2D eigenvalue weighted by molar-refractivity contribution is 0.103. The number of carbonyl (C=O) groups excluding carboxylic acids is 1. The molecule has 0 bridgehead atoms. The molecule has 1 aliphatic carbocycles. The van der Waals surface area contributed by atoms with Crippen molar-refractivity contribution in [2.75, 3.05) is 18.6 Å². The van der Waals surface area contributed by atoms with Crippen LogP contribution < -0.4 is 4.74 Å². The maximum Gasteiger partial charge on any atom is 0.195 e. The van der Waals surface area contributed by atoms with Gasteiger partial charge in [-0.2, -0.15) is 15.9 Å². The van der Waals surface area contributed by atoms with Crippen LogP contribution in [0, 0.1) is 11.3 Å². The van der Waals surface area contributed by atoms with Crippen LogP contribution in [0.4, 0.5) is 0 Å². The van der Waals surface area contributed by atoms with Gasteiger partial charge in [-0.05, 0) is 35.9 Å². The lowest BCUT2D eigenvalue weighted by Crippen LogP contribution is -2.30. The Hall–Kier alpha value is -2.79. The smallest absolute Gasteiger partial charge is 0.195 e. The standard InChI is InChI=1S/C22H22N2O4S/c1-22(2)17-11-14(28-8-9-29(3,26)27)5-7-15(17)20(25)19-16-6-4-13(12-23)10-18(16)24-21(19)22/h4-7,10-11,24,26-27H,8-9H2,1-3H3. The molecule has 6 nitrogen and oxygen atoms in total. The normalized spacial score (nSPS) is 15.5. The van der Waals surface area contributed by atoms with Gasteiger partial charge in [-0.1, -0.05) is 19.9 Å². The Balaban J connectivity index is 1.77. The van der Waals surface area contributed by atoms with Crippen LogP contribution in [-0.2, 0) is 5.41 Å². The molecule has 3 aromatic rings. The summed E-state index contributed by atoms with van der Waals surface area (Å²) in [6.07, 6.45) is 1.39. The number of nitrogens with zero attached hydrogens (tertiary/aromatic N) is 1. The second kappa shape index (κ2) is 6.63. The van der Waals surface area contributed by atoms with Crippen molar-refractivity contribution in [2.45, 2.75) is 19.3 Å². The zero-order valence-electron chi connectivity index (χ0n) is 16.4. The fourth-order valence-electron chi connectivity index (χ4n) is 3.89. The van der Waals surface area contributed by atoms with Crippen molar-refractivity contribution in [1.29, 1.82) is 5.26 Å². The molecule has 3 N–H and O–H groups in total. The van der Waals surface area contributed by atoms with E-state index in [1.54, 1.807) is 24.3 Å². The van der Waals surface area contributed by atoms with Gasteiger partial charge in [0, 0.05) is 33.8 Å². The highest BCUT2D eigenvalue weighted by atomic mass is 32.3. The van der Waals surface area contributed by atoms with Gasteiger partial charge in [0.25, 0.3) is 0 Å². The largest absolute Gasteiger partial charge is 0.492 e. The molecule has 0 radical (unpaired) electrons. The van der Waals surface area contributed by atoms with Crippen molar-refractivity contribution in [3.63, 3.8) is 0 Å². The monoisotopic (exact) mass is 410 g/mol. The fourth-order valence-corrected chi connectivity index (χ4v) is 4.29. The van der Waals surface area contributed by atoms with Crippen LogP contribution in [0.2, 0.25) is 0 Å². The van der Waals surface area contributed by atoms with E-state index in [0.717, 1.165) is 22.2 Å². The number of nitriles is 1. The zero-order chi connectivity index (χ0) is 21.0. The van der Waals surface area contributed by atoms with Crippen molar-refractivity contribution in [3.8, 4) is 11.8 Å². The average Bonchev–Trinajstić information content (AvgIpc) is 3.05. The number of ketones is 1. The first-order chi connectivity index (χ1) is 13.6. The van der Waals surface area contributed by atoms with E-state index in [4.69, 9.17) is 4.74 Å². The fraction of sp³-hybridized carbons (Fsp3) is 0.273. The minimum absolute atomic E-state index is 0.0560. The first-order valence-electron chi connectivity index (χ1n) is 9.21. The molecule has 0 aliphatic heterocycles. The maximum atomic E-state index is 13.3. The number of fused-ring (bicyclic) bond motifs is 4. The molecule has 4 rings (SSSR count). The summed E-state index contributed by atoms with van der Waals surface area (Å²) in [7, 11) is -2.61. The molecule has 29 heavy (non-hydrogen) atoms. The van der Waals surface area contributed by atoms with Crippen LogP contribution in [-0.4, -0.2) is 38.5 Å². The van der Waals surface area contributed by atoms with E-state index in [9.17, 15) is 19.2 Å². The lowest BCUT2D eigenvalue weighted by atomic mass is 9.71. The summed E-state index contributed by atoms with van der Waals surface area (Å²) in [6.45, 7) is 4.27. The summed E-state index contributed by atoms with van der Waals surface area (Å²) in [5.74, 6) is 0.680. The van der Waals surface area contributed by atoms with Gasteiger partial charge >= 0.3 is 0 Å². The number of hydrogen-bond acceptors (Lipinski definition) is 5. The molecule has 0 spiro atoms. The lowest BCUT2D eigenvalue weighted by Gasteiger charge is -2.32. The van der Waals surface area contributed by atoms with Crippen LogP contribution in [0.25, 0.3) is 10.9 Å². The number of H-pyrrole nitrogens is 1. The second-order valence-electron chi connectivity index (χ2n) is 7.95. The van der Waals surface area contributed by atoms with Gasteiger partial charge in [-0.15, -0.1) is 0 Å². The predicted octanol–water partition coefficient (Wildman–Crippen LogP) is 4.67. The molecule has 0 saturated carbocycles. The number of hydrogen-bond donors (Lipinski definition) is 3. The number of rotatable bonds is 4. The number of ether oxygens (including phenoxy) is 1. The van der Waals surface area contributed by atoms with Gasteiger partial charge < -0.3 is 9.72 Å². The molecule has 1 aliphatic rings. The Morgan fingerprint density at radius 2 is 1.97 bits per heavy atom. The van der Waals surface area contributed by atoms with Crippen LogP contribution in [0.1, 0.15) is 46.6 Å². The highest BCUT2D eigenvalue weighted by Gasteiger charge is 2.39. The van der Waals surface area contributed by atoms with Gasteiger partial charge in [0.1, 0.15) is 12.4 Å². The van der Waals surface area contributed by atoms with E-state index in [1.807, 2.05) is 26.0 Å². The molecule has 7 heteroatoms. The van der Waals surface area contributed by atoms with Crippen LogP contribution in [0.3, 0.4) is 0 Å². The molecule has 1 heterocycles. The molecule has 0 unspecified atom stereocenters. The number of carbonyl (C=O) groups is 1. The third-order valence-corrected chi connectivity index (χ3v) is 6.37. The molecular weight excluding hydrogens is 388 g/mol. The first-order valence-corrected chi connectivity index (χ1v) is 11.3. The summed E-state index contributed by atoms with van der Waals surface area (Å²) < 4.78 is 24.7.